The molecule has 4 rings (SSSR count). The highest BCUT2D eigenvalue weighted by Crippen LogP contribution is 2.30. The van der Waals surface area contributed by atoms with Crippen LogP contribution in [-0.2, 0) is 16.0 Å². The van der Waals surface area contributed by atoms with Crippen LogP contribution in [0.5, 0.6) is 5.75 Å². The Kier molecular flexibility index (Phi) is 6.39. The van der Waals surface area contributed by atoms with Crippen LogP contribution in [0.3, 0.4) is 0 Å². The number of alkyl carbamates (subject to hydrolysis) is 1. The van der Waals surface area contributed by atoms with Gasteiger partial charge in [0, 0.05) is 29.6 Å². The molecule has 8 nitrogen and oxygen atoms in total. The number of carbonyl (C=O) groups is 2. The van der Waals surface area contributed by atoms with Crippen LogP contribution in [0, 0.1) is 13.8 Å². The summed E-state index contributed by atoms with van der Waals surface area (Å²) in [7, 11) is 0. The van der Waals surface area contributed by atoms with Gasteiger partial charge in [-0.3, -0.25) is 0 Å². The topological polar surface area (TPSA) is 111 Å². The molecular weight excluding hydrogens is 448 g/mol. The van der Waals surface area contributed by atoms with E-state index in [-0.39, 0.29) is 12.2 Å². The second kappa shape index (κ2) is 9.29. The van der Waals surface area contributed by atoms with Gasteiger partial charge in [-0.05, 0) is 69.5 Å². The fourth-order valence-electron chi connectivity index (χ4n) is 4.00. The number of H-pyrrole nitrogens is 1. The van der Waals surface area contributed by atoms with Crippen LogP contribution >= 0.6 is 0 Å². The lowest BCUT2D eigenvalue weighted by molar-refractivity contribution is -0.136. The van der Waals surface area contributed by atoms with Gasteiger partial charge >= 0.3 is 17.7 Å². The van der Waals surface area contributed by atoms with Crippen LogP contribution in [-0.4, -0.2) is 28.7 Å². The lowest BCUT2D eigenvalue weighted by atomic mass is 10.0. The van der Waals surface area contributed by atoms with E-state index in [2.05, 4.69) is 10.3 Å². The molecule has 0 spiro atoms. The van der Waals surface area contributed by atoms with Crippen molar-refractivity contribution in [1.29, 1.82) is 0 Å². The van der Waals surface area contributed by atoms with Crippen LogP contribution in [0.1, 0.15) is 37.5 Å². The predicted molar refractivity (Wildman–Crippen MR) is 133 cm³/mol. The van der Waals surface area contributed by atoms with E-state index in [1.165, 1.54) is 6.07 Å². The van der Waals surface area contributed by atoms with E-state index in [1.54, 1.807) is 39.8 Å². The first-order valence-electron chi connectivity index (χ1n) is 11.3. The molecule has 35 heavy (non-hydrogen) atoms. The third-order valence-electron chi connectivity index (χ3n) is 5.43. The van der Waals surface area contributed by atoms with Crippen molar-refractivity contribution >= 4 is 33.9 Å². The summed E-state index contributed by atoms with van der Waals surface area (Å²) in [6.07, 6.45) is 1.26. The molecular formula is C27H28N2O6. The highest BCUT2D eigenvalue weighted by Gasteiger charge is 2.28. The highest BCUT2D eigenvalue weighted by atomic mass is 16.6. The molecule has 0 fully saturated rings. The maximum atomic E-state index is 13.4. The number of carbonyl (C=O) groups excluding carboxylic acids is 2. The lowest BCUT2D eigenvalue weighted by Gasteiger charge is -2.23. The predicted octanol–water partition coefficient (Wildman–Crippen LogP) is 4.93. The molecule has 4 aromatic rings. The summed E-state index contributed by atoms with van der Waals surface area (Å²) >= 11 is 0. The van der Waals surface area contributed by atoms with E-state index in [9.17, 15) is 14.4 Å². The SMILES string of the molecule is Cc1cc(OC(=O)[C@H](Cc2c[nH]c3ccccc23)NC(=O)OC(C)(C)C)c2c(C)cc(=O)oc2c1. The van der Waals surface area contributed by atoms with Gasteiger partial charge in [-0.2, -0.15) is 0 Å². The van der Waals surface area contributed by atoms with Crippen molar-refractivity contribution in [2.24, 2.45) is 0 Å². The summed E-state index contributed by atoms with van der Waals surface area (Å²) in [5, 5.41) is 4.12. The average Bonchev–Trinajstić information content (AvgIpc) is 3.14. The molecule has 0 bridgehead atoms. The Bertz CT molecular complexity index is 1470. The van der Waals surface area contributed by atoms with Gasteiger partial charge < -0.3 is 24.2 Å². The third kappa shape index (κ3) is 5.54. The number of nitrogens with one attached hydrogen (secondary N) is 2. The van der Waals surface area contributed by atoms with Crippen molar-refractivity contribution in [1.82, 2.24) is 10.3 Å². The zero-order chi connectivity index (χ0) is 25.3. The van der Waals surface area contributed by atoms with Gasteiger partial charge in [-0.1, -0.05) is 18.2 Å². The molecule has 2 aromatic heterocycles. The Morgan fingerprint density at radius 3 is 2.60 bits per heavy atom. The summed E-state index contributed by atoms with van der Waals surface area (Å²) in [6.45, 7) is 8.79. The summed E-state index contributed by atoms with van der Waals surface area (Å²) in [6, 6.07) is 11.4. The van der Waals surface area contributed by atoms with E-state index < -0.39 is 29.3 Å². The molecule has 0 saturated carbocycles. The molecule has 2 aromatic carbocycles. The number of benzene rings is 2. The highest BCUT2D eigenvalue weighted by molar-refractivity contribution is 5.92. The first-order valence-corrected chi connectivity index (χ1v) is 11.3. The largest absolute Gasteiger partial charge is 0.444 e. The maximum absolute atomic E-state index is 13.4. The molecule has 0 aliphatic heterocycles. The Hall–Kier alpha value is -4.07. The van der Waals surface area contributed by atoms with Gasteiger partial charge in [-0.15, -0.1) is 0 Å². The van der Waals surface area contributed by atoms with Gasteiger partial charge in [0.25, 0.3) is 0 Å². The van der Waals surface area contributed by atoms with Crippen LogP contribution in [0.2, 0.25) is 0 Å². The molecule has 182 valence electrons. The third-order valence-corrected chi connectivity index (χ3v) is 5.43. The minimum absolute atomic E-state index is 0.180. The first-order chi connectivity index (χ1) is 16.5. The smallest absolute Gasteiger partial charge is 0.408 e. The Labute approximate surface area is 202 Å². The number of aromatic nitrogens is 1. The van der Waals surface area contributed by atoms with Crippen molar-refractivity contribution in [2.45, 2.75) is 52.7 Å². The average molecular weight is 477 g/mol. The maximum Gasteiger partial charge on any atom is 0.408 e. The number of hydrogen-bond donors (Lipinski definition) is 2. The zero-order valence-electron chi connectivity index (χ0n) is 20.4. The molecule has 0 unspecified atom stereocenters. The number of amides is 1. The fraction of sp³-hybridized carbons (Fsp3) is 0.296. The Morgan fingerprint density at radius 1 is 1.11 bits per heavy atom. The number of aromatic amines is 1. The van der Waals surface area contributed by atoms with Gasteiger partial charge in [0.2, 0.25) is 0 Å². The molecule has 1 atom stereocenters. The number of aryl methyl sites for hydroxylation is 2. The van der Waals surface area contributed by atoms with Crippen LogP contribution in [0.4, 0.5) is 4.79 Å². The minimum Gasteiger partial charge on any atom is -0.444 e. The second-order valence-corrected chi connectivity index (χ2v) is 9.57. The number of para-hydroxylation sites is 1. The van der Waals surface area contributed by atoms with Crippen molar-refractivity contribution in [2.75, 3.05) is 0 Å². The summed E-state index contributed by atoms with van der Waals surface area (Å²) in [4.78, 5) is 41.0. The number of hydrogen-bond acceptors (Lipinski definition) is 6. The van der Waals surface area contributed by atoms with E-state index >= 15 is 0 Å². The lowest BCUT2D eigenvalue weighted by Crippen LogP contribution is -2.46. The van der Waals surface area contributed by atoms with Crippen molar-refractivity contribution < 1.29 is 23.5 Å². The number of rotatable bonds is 5. The standard InChI is InChI=1S/C27H28N2O6/c1-15-10-21-24(16(2)12-23(30)33-21)22(11-15)34-25(31)20(29-26(32)35-27(3,4)5)13-17-14-28-19-9-7-6-8-18(17)19/h6-12,14,20,28H,13H2,1-5H3,(H,29,32)/t20-/m0/s1. The monoisotopic (exact) mass is 476 g/mol. The molecule has 0 saturated heterocycles. The van der Waals surface area contributed by atoms with E-state index in [1.807, 2.05) is 37.4 Å². The summed E-state index contributed by atoms with van der Waals surface area (Å²) in [5.41, 5.74) is 2.24. The number of fused-ring (bicyclic) bond motifs is 2. The van der Waals surface area contributed by atoms with Gasteiger partial charge in [-0.25, -0.2) is 14.4 Å². The molecule has 0 aliphatic rings. The normalized spacial score (nSPS) is 12.5. The van der Waals surface area contributed by atoms with Crippen molar-refractivity contribution in [3.8, 4) is 5.75 Å². The number of esters is 1. The molecule has 2 heterocycles. The fourth-order valence-corrected chi connectivity index (χ4v) is 4.00. The quantitative estimate of drug-likeness (QED) is 0.240. The Balaban J connectivity index is 1.68. The molecule has 0 radical (unpaired) electrons. The Morgan fingerprint density at radius 2 is 1.86 bits per heavy atom. The molecule has 0 aliphatic carbocycles. The van der Waals surface area contributed by atoms with Gasteiger partial charge in [0.1, 0.15) is 23.0 Å². The van der Waals surface area contributed by atoms with E-state index in [4.69, 9.17) is 13.9 Å². The van der Waals surface area contributed by atoms with Gasteiger partial charge in [0.05, 0.1) is 5.39 Å². The molecule has 8 heteroatoms. The summed E-state index contributed by atoms with van der Waals surface area (Å²) < 4.78 is 16.5. The minimum atomic E-state index is -1.03. The van der Waals surface area contributed by atoms with Crippen LogP contribution in [0.15, 0.2) is 57.9 Å². The van der Waals surface area contributed by atoms with E-state index in [0.29, 0.717) is 16.5 Å². The molecule has 1 amide bonds. The van der Waals surface area contributed by atoms with Crippen LogP contribution in [0.25, 0.3) is 21.9 Å². The molecule has 2 N–H and O–H groups in total. The first kappa shape index (κ1) is 24.1. The zero-order valence-corrected chi connectivity index (χ0v) is 20.4. The van der Waals surface area contributed by atoms with Gasteiger partial charge in [0.15, 0.2) is 0 Å². The van der Waals surface area contributed by atoms with Crippen molar-refractivity contribution in [3.05, 3.63) is 75.8 Å². The number of ether oxygens (including phenoxy) is 2. The summed E-state index contributed by atoms with van der Waals surface area (Å²) in [5.74, 6) is -0.417. The second-order valence-electron chi connectivity index (χ2n) is 9.57. The van der Waals surface area contributed by atoms with Crippen LogP contribution < -0.4 is 15.7 Å². The van der Waals surface area contributed by atoms with E-state index in [0.717, 1.165) is 22.0 Å². The van der Waals surface area contributed by atoms with Crippen molar-refractivity contribution in [3.63, 3.8) is 0 Å².